The SMILES string of the molecule is COc1cc(OC)cc(C(=O)N2CCCN(C(=O)c3cc(C)on3)CC2)c1. The number of hydrogen-bond donors (Lipinski definition) is 0. The molecule has 1 fully saturated rings. The second-order valence-electron chi connectivity index (χ2n) is 6.36. The molecule has 0 spiro atoms. The van der Waals surface area contributed by atoms with Crippen molar-refractivity contribution in [1.82, 2.24) is 15.0 Å². The van der Waals surface area contributed by atoms with E-state index in [0.29, 0.717) is 61.1 Å². The summed E-state index contributed by atoms with van der Waals surface area (Å²) in [6, 6.07) is 6.73. The van der Waals surface area contributed by atoms with Crippen LogP contribution >= 0.6 is 0 Å². The minimum Gasteiger partial charge on any atom is -0.497 e. The fourth-order valence-electron chi connectivity index (χ4n) is 3.07. The highest BCUT2D eigenvalue weighted by Gasteiger charge is 2.25. The third-order valence-electron chi connectivity index (χ3n) is 4.52. The highest BCUT2D eigenvalue weighted by atomic mass is 16.5. The van der Waals surface area contributed by atoms with Gasteiger partial charge in [0.15, 0.2) is 5.69 Å². The Labute approximate surface area is 157 Å². The van der Waals surface area contributed by atoms with Crippen LogP contribution in [0.15, 0.2) is 28.8 Å². The van der Waals surface area contributed by atoms with Gasteiger partial charge in [0.25, 0.3) is 11.8 Å². The van der Waals surface area contributed by atoms with E-state index in [9.17, 15) is 9.59 Å². The zero-order valence-corrected chi connectivity index (χ0v) is 15.7. The quantitative estimate of drug-likeness (QED) is 0.815. The fraction of sp³-hybridized carbons (Fsp3) is 0.421. The number of carbonyl (C=O) groups excluding carboxylic acids is 2. The van der Waals surface area contributed by atoms with Crippen molar-refractivity contribution in [2.24, 2.45) is 0 Å². The molecule has 0 radical (unpaired) electrons. The van der Waals surface area contributed by atoms with Crippen molar-refractivity contribution in [3.63, 3.8) is 0 Å². The molecular weight excluding hydrogens is 350 g/mol. The van der Waals surface area contributed by atoms with Gasteiger partial charge in [-0.2, -0.15) is 0 Å². The van der Waals surface area contributed by atoms with Gasteiger partial charge in [-0.1, -0.05) is 5.16 Å². The van der Waals surface area contributed by atoms with Crippen LogP contribution in [-0.4, -0.2) is 67.2 Å². The summed E-state index contributed by atoms with van der Waals surface area (Å²) in [7, 11) is 3.09. The van der Waals surface area contributed by atoms with Crippen molar-refractivity contribution in [2.45, 2.75) is 13.3 Å². The number of nitrogens with zero attached hydrogens (tertiary/aromatic N) is 3. The van der Waals surface area contributed by atoms with E-state index in [2.05, 4.69) is 5.16 Å². The van der Waals surface area contributed by atoms with Gasteiger partial charge in [0.1, 0.15) is 17.3 Å². The zero-order valence-electron chi connectivity index (χ0n) is 15.7. The Balaban J connectivity index is 1.70. The number of carbonyl (C=O) groups is 2. The molecule has 2 amide bonds. The first-order chi connectivity index (χ1) is 13.0. The summed E-state index contributed by atoms with van der Waals surface area (Å²) >= 11 is 0. The normalized spacial score (nSPS) is 14.6. The molecule has 1 aromatic carbocycles. The monoisotopic (exact) mass is 373 g/mol. The standard InChI is InChI=1S/C19H23N3O5/c1-13-9-17(20-27-13)19(24)22-6-4-5-21(7-8-22)18(23)14-10-15(25-2)12-16(11-14)26-3/h9-12H,4-8H2,1-3H3. The first kappa shape index (κ1) is 18.8. The van der Waals surface area contributed by atoms with Gasteiger partial charge in [0.2, 0.25) is 0 Å². The number of ether oxygens (including phenoxy) is 2. The van der Waals surface area contributed by atoms with Crippen LogP contribution in [0, 0.1) is 6.92 Å². The Hall–Kier alpha value is -3.03. The molecular formula is C19H23N3O5. The lowest BCUT2D eigenvalue weighted by Gasteiger charge is -2.22. The molecule has 27 heavy (non-hydrogen) atoms. The lowest BCUT2D eigenvalue weighted by molar-refractivity contribution is 0.0713. The van der Waals surface area contributed by atoms with Gasteiger partial charge in [-0.05, 0) is 25.5 Å². The van der Waals surface area contributed by atoms with Gasteiger partial charge in [0, 0.05) is 43.9 Å². The number of amides is 2. The molecule has 0 atom stereocenters. The topological polar surface area (TPSA) is 85.1 Å². The van der Waals surface area contributed by atoms with Crippen LogP contribution in [0.5, 0.6) is 11.5 Å². The second-order valence-corrected chi connectivity index (χ2v) is 6.36. The molecule has 1 aliphatic heterocycles. The van der Waals surface area contributed by atoms with Crippen molar-refractivity contribution < 1.29 is 23.6 Å². The number of benzene rings is 1. The highest BCUT2D eigenvalue weighted by molar-refractivity contribution is 5.95. The minimum absolute atomic E-state index is 0.112. The van der Waals surface area contributed by atoms with Gasteiger partial charge in [-0.3, -0.25) is 9.59 Å². The third kappa shape index (κ3) is 4.21. The summed E-state index contributed by atoms with van der Waals surface area (Å²) < 4.78 is 15.5. The van der Waals surface area contributed by atoms with Gasteiger partial charge < -0.3 is 23.8 Å². The smallest absolute Gasteiger partial charge is 0.276 e. The Morgan fingerprint density at radius 1 is 0.926 bits per heavy atom. The molecule has 1 aromatic heterocycles. The number of aromatic nitrogens is 1. The van der Waals surface area contributed by atoms with Gasteiger partial charge in [0.05, 0.1) is 14.2 Å². The second kappa shape index (κ2) is 8.11. The molecule has 3 rings (SSSR count). The number of methoxy groups -OCH3 is 2. The average Bonchev–Trinajstić information content (AvgIpc) is 2.98. The molecule has 0 bridgehead atoms. The van der Waals surface area contributed by atoms with Crippen LogP contribution in [0.4, 0.5) is 0 Å². The van der Waals surface area contributed by atoms with Crippen LogP contribution in [-0.2, 0) is 0 Å². The first-order valence-electron chi connectivity index (χ1n) is 8.76. The Morgan fingerprint density at radius 2 is 1.52 bits per heavy atom. The maximum Gasteiger partial charge on any atom is 0.276 e. The first-order valence-corrected chi connectivity index (χ1v) is 8.76. The van der Waals surface area contributed by atoms with E-state index in [-0.39, 0.29) is 11.8 Å². The molecule has 8 heteroatoms. The van der Waals surface area contributed by atoms with Gasteiger partial charge in [-0.15, -0.1) is 0 Å². The third-order valence-corrected chi connectivity index (χ3v) is 4.52. The van der Waals surface area contributed by atoms with Crippen LogP contribution in [0.25, 0.3) is 0 Å². The Morgan fingerprint density at radius 3 is 2.04 bits per heavy atom. The van der Waals surface area contributed by atoms with E-state index in [1.54, 1.807) is 55.2 Å². The van der Waals surface area contributed by atoms with E-state index in [0.717, 1.165) is 0 Å². The Bertz CT molecular complexity index is 810. The van der Waals surface area contributed by atoms with Crippen molar-refractivity contribution in [3.8, 4) is 11.5 Å². The maximum absolute atomic E-state index is 12.9. The summed E-state index contributed by atoms with van der Waals surface area (Å²) in [4.78, 5) is 28.9. The van der Waals surface area contributed by atoms with E-state index in [1.807, 2.05) is 0 Å². The van der Waals surface area contributed by atoms with E-state index in [4.69, 9.17) is 14.0 Å². The molecule has 144 valence electrons. The summed E-state index contributed by atoms with van der Waals surface area (Å²) in [5.74, 6) is 1.43. The fourth-order valence-corrected chi connectivity index (χ4v) is 3.07. The van der Waals surface area contributed by atoms with Crippen LogP contribution < -0.4 is 9.47 Å². The van der Waals surface area contributed by atoms with E-state index in [1.165, 1.54) is 0 Å². The largest absolute Gasteiger partial charge is 0.497 e. The van der Waals surface area contributed by atoms with Crippen LogP contribution in [0.1, 0.15) is 33.0 Å². The van der Waals surface area contributed by atoms with Gasteiger partial charge in [-0.25, -0.2) is 0 Å². The van der Waals surface area contributed by atoms with E-state index >= 15 is 0 Å². The lowest BCUT2D eigenvalue weighted by atomic mass is 10.1. The van der Waals surface area contributed by atoms with Crippen LogP contribution in [0.2, 0.25) is 0 Å². The predicted molar refractivity (Wildman–Crippen MR) is 97.2 cm³/mol. The molecule has 1 aliphatic rings. The van der Waals surface area contributed by atoms with Crippen molar-refractivity contribution in [2.75, 3.05) is 40.4 Å². The molecule has 0 N–H and O–H groups in total. The number of rotatable bonds is 4. The highest BCUT2D eigenvalue weighted by Crippen LogP contribution is 2.24. The number of aryl methyl sites for hydroxylation is 1. The number of hydrogen-bond acceptors (Lipinski definition) is 6. The zero-order chi connectivity index (χ0) is 19.4. The molecule has 0 unspecified atom stereocenters. The summed E-state index contributed by atoms with van der Waals surface area (Å²) in [5.41, 5.74) is 0.794. The molecule has 2 aromatic rings. The van der Waals surface area contributed by atoms with Crippen molar-refractivity contribution >= 4 is 11.8 Å². The average molecular weight is 373 g/mol. The van der Waals surface area contributed by atoms with Crippen LogP contribution in [0.3, 0.4) is 0 Å². The molecule has 1 saturated heterocycles. The summed E-state index contributed by atoms with van der Waals surface area (Å²) in [6.45, 7) is 3.77. The minimum atomic E-state index is -0.177. The maximum atomic E-state index is 12.9. The van der Waals surface area contributed by atoms with Gasteiger partial charge >= 0.3 is 0 Å². The molecule has 2 heterocycles. The predicted octanol–water partition coefficient (Wildman–Crippen LogP) is 1.99. The van der Waals surface area contributed by atoms with Crippen molar-refractivity contribution in [3.05, 3.63) is 41.3 Å². The van der Waals surface area contributed by atoms with Crippen molar-refractivity contribution in [1.29, 1.82) is 0 Å². The molecule has 8 nitrogen and oxygen atoms in total. The van der Waals surface area contributed by atoms with E-state index < -0.39 is 0 Å². The summed E-state index contributed by atoms with van der Waals surface area (Å²) in [5, 5.41) is 3.79. The molecule has 0 saturated carbocycles. The molecule has 0 aliphatic carbocycles. The Kier molecular flexibility index (Phi) is 5.63. The summed E-state index contributed by atoms with van der Waals surface area (Å²) in [6.07, 6.45) is 0.690. The lowest BCUT2D eigenvalue weighted by Crippen LogP contribution is -2.37.